The molecule has 0 spiro atoms. The summed E-state index contributed by atoms with van der Waals surface area (Å²) < 4.78 is 18.7. The van der Waals surface area contributed by atoms with Crippen molar-refractivity contribution >= 4 is 11.7 Å². The molecule has 0 atom stereocenters. The summed E-state index contributed by atoms with van der Waals surface area (Å²) in [5.74, 6) is -0.466. The van der Waals surface area contributed by atoms with E-state index in [0.29, 0.717) is 12.2 Å². The second kappa shape index (κ2) is 8.58. The number of hydrogen-bond acceptors (Lipinski definition) is 4. The molecule has 2 heterocycles. The van der Waals surface area contributed by atoms with Crippen molar-refractivity contribution in [1.82, 2.24) is 15.2 Å². The summed E-state index contributed by atoms with van der Waals surface area (Å²) in [4.78, 5) is 18.5. The van der Waals surface area contributed by atoms with Crippen LogP contribution in [-0.2, 0) is 4.74 Å². The van der Waals surface area contributed by atoms with Gasteiger partial charge in [-0.3, -0.25) is 9.88 Å². The first-order valence-corrected chi connectivity index (χ1v) is 9.16. The first kappa shape index (κ1) is 18.1. The number of nitrogens with zero attached hydrogens (tertiary/aromatic N) is 2. The molecule has 0 unspecified atom stereocenters. The van der Waals surface area contributed by atoms with Gasteiger partial charge in [0.15, 0.2) is 0 Å². The van der Waals surface area contributed by atoms with Crippen molar-refractivity contribution in [3.05, 3.63) is 24.3 Å². The van der Waals surface area contributed by atoms with Gasteiger partial charge in [-0.15, -0.1) is 0 Å². The number of carbonyl (C=O) groups is 1. The highest BCUT2D eigenvalue weighted by Crippen LogP contribution is 2.32. The van der Waals surface area contributed by atoms with E-state index in [1.165, 1.54) is 37.9 Å². The molecule has 1 saturated carbocycles. The molecule has 6 nitrogen and oxygen atoms in total. The average Bonchev–Trinajstić information content (AvgIpc) is 2.87. The van der Waals surface area contributed by atoms with Crippen LogP contribution in [0, 0.1) is 5.82 Å². The molecule has 1 saturated heterocycles. The van der Waals surface area contributed by atoms with Gasteiger partial charge < -0.3 is 15.4 Å². The molecule has 7 heteroatoms. The lowest BCUT2D eigenvalue weighted by atomic mass is 9.87. The van der Waals surface area contributed by atoms with Crippen molar-refractivity contribution in [2.45, 2.75) is 44.1 Å². The molecule has 138 valence electrons. The fourth-order valence-electron chi connectivity index (χ4n) is 3.93. The fraction of sp³-hybridized carbons (Fsp3) is 0.667. The van der Waals surface area contributed by atoms with E-state index < -0.39 is 5.82 Å². The molecule has 2 N–H and O–H groups in total. The summed E-state index contributed by atoms with van der Waals surface area (Å²) in [5, 5.41) is 5.67. The van der Waals surface area contributed by atoms with E-state index in [9.17, 15) is 9.18 Å². The summed E-state index contributed by atoms with van der Waals surface area (Å²) in [6.45, 7) is 3.93. The Morgan fingerprint density at radius 3 is 2.60 bits per heavy atom. The number of nitrogens with one attached hydrogen (secondary N) is 2. The predicted molar refractivity (Wildman–Crippen MR) is 94.0 cm³/mol. The van der Waals surface area contributed by atoms with E-state index in [4.69, 9.17) is 4.74 Å². The summed E-state index contributed by atoms with van der Waals surface area (Å²) >= 11 is 0. The third-order valence-corrected chi connectivity index (χ3v) is 5.26. The van der Waals surface area contributed by atoms with Crippen molar-refractivity contribution in [1.29, 1.82) is 0 Å². The second-order valence-corrected chi connectivity index (χ2v) is 6.94. The molecule has 25 heavy (non-hydrogen) atoms. The van der Waals surface area contributed by atoms with Gasteiger partial charge >= 0.3 is 6.03 Å². The number of carbonyl (C=O) groups excluding carboxylic acids is 1. The number of pyridine rings is 1. The molecule has 0 radical (unpaired) electrons. The summed E-state index contributed by atoms with van der Waals surface area (Å²) in [6, 6.07) is 0.944. The monoisotopic (exact) mass is 350 g/mol. The topological polar surface area (TPSA) is 66.5 Å². The van der Waals surface area contributed by atoms with Crippen LogP contribution in [0.1, 0.15) is 38.5 Å². The van der Waals surface area contributed by atoms with Crippen LogP contribution < -0.4 is 10.6 Å². The molecule has 1 aromatic heterocycles. The lowest BCUT2D eigenvalue weighted by Crippen LogP contribution is -2.59. The van der Waals surface area contributed by atoms with E-state index in [1.807, 2.05) is 0 Å². The van der Waals surface area contributed by atoms with Crippen molar-refractivity contribution in [3.8, 4) is 0 Å². The van der Waals surface area contributed by atoms with Crippen molar-refractivity contribution in [2.24, 2.45) is 0 Å². The minimum absolute atomic E-state index is 0.00217. The Bertz CT molecular complexity index is 570. The number of amides is 2. The smallest absolute Gasteiger partial charge is 0.319 e. The minimum Gasteiger partial charge on any atom is -0.379 e. The van der Waals surface area contributed by atoms with Crippen LogP contribution in [0.2, 0.25) is 0 Å². The predicted octanol–water partition coefficient (Wildman–Crippen LogP) is 2.77. The average molecular weight is 350 g/mol. The third-order valence-electron chi connectivity index (χ3n) is 5.26. The number of ether oxygens (including phenoxy) is 1. The third kappa shape index (κ3) is 4.89. The standard InChI is InChI=1S/C18H27FN4O2/c19-15-11-16(13-20-12-15)22-17(24)21-14-18(5-3-1-2-4-6-18)23-7-9-25-10-8-23/h11-13H,1-10,14H2,(H2,21,22,24). The molecule has 3 rings (SSSR count). The number of hydrogen-bond donors (Lipinski definition) is 2. The molecule has 1 aromatic rings. The highest BCUT2D eigenvalue weighted by atomic mass is 19.1. The Morgan fingerprint density at radius 2 is 1.92 bits per heavy atom. The lowest BCUT2D eigenvalue weighted by Gasteiger charge is -2.45. The molecular weight excluding hydrogens is 323 g/mol. The van der Waals surface area contributed by atoms with Crippen LogP contribution in [0.5, 0.6) is 0 Å². The van der Waals surface area contributed by atoms with Gasteiger partial charge in [0.2, 0.25) is 0 Å². The molecule has 2 aliphatic rings. The highest BCUT2D eigenvalue weighted by Gasteiger charge is 2.38. The summed E-state index contributed by atoms with van der Waals surface area (Å²) in [5.41, 5.74) is 0.358. The molecule has 1 aliphatic carbocycles. The maximum atomic E-state index is 13.2. The number of anilines is 1. The number of aromatic nitrogens is 1. The van der Waals surface area contributed by atoms with Gasteiger partial charge in [-0.1, -0.05) is 25.7 Å². The SMILES string of the molecule is O=C(NCC1(N2CCOCC2)CCCCCC1)Nc1cncc(F)c1. The Kier molecular flexibility index (Phi) is 6.20. The molecule has 0 aromatic carbocycles. The highest BCUT2D eigenvalue weighted by molar-refractivity contribution is 5.89. The van der Waals surface area contributed by atoms with Crippen LogP contribution >= 0.6 is 0 Å². The Hall–Kier alpha value is -1.73. The van der Waals surface area contributed by atoms with E-state index in [-0.39, 0.29) is 11.6 Å². The number of urea groups is 1. The van der Waals surface area contributed by atoms with Crippen LogP contribution in [0.3, 0.4) is 0 Å². The van der Waals surface area contributed by atoms with Crippen LogP contribution in [0.25, 0.3) is 0 Å². The van der Waals surface area contributed by atoms with Crippen LogP contribution in [0.4, 0.5) is 14.9 Å². The molecule has 1 aliphatic heterocycles. The zero-order valence-electron chi connectivity index (χ0n) is 14.6. The second-order valence-electron chi connectivity index (χ2n) is 6.94. The quantitative estimate of drug-likeness (QED) is 0.820. The van der Waals surface area contributed by atoms with Crippen LogP contribution in [0.15, 0.2) is 18.5 Å². The number of halogens is 1. The van der Waals surface area contributed by atoms with Gasteiger partial charge in [0, 0.05) is 31.2 Å². The Morgan fingerprint density at radius 1 is 1.20 bits per heavy atom. The van der Waals surface area contributed by atoms with Gasteiger partial charge in [-0.05, 0) is 12.8 Å². The zero-order valence-corrected chi connectivity index (χ0v) is 14.6. The van der Waals surface area contributed by atoms with E-state index in [2.05, 4.69) is 20.5 Å². The molecule has 2 fully saturated rings. The maximum Gasteiger partial charge on any atom is 0.319 e. The van der Waals surface area contributed by atoms with Gasteiger partial charge in [0.25, 0.3) is 0 Å². The minimum atomic E-state index is -0.466. The van der Waals surface area contributed by atoms with E-state index >= 15 is 0 Å². The van der Waals surface area contributed by atoms with E-state index in [1.54, 1.807) is 0 Å². The van der Waals surface area contributed by atoms with Crippen molar-refractivity contribution in [3.63, 3.8) is 0 Å². The van der Waals surface area contributed by atoms with Crippen LogP contribution in [-0.4, -0.2) is 54.3 Å². The Labute approximate surface area is 148 Å². The maximum absolute atomic E-state index is 13.2. The van der Waals surface area contributed by atoms with E-state index in [0.717, 1.165) is 45.3 Å². The normalized spacial score (nSPS) is 21.3. The summed E-state index contributed by atoms with van der Waals surface area (Å²) in [6.07, 6.45) is 9.63. The van der Waals surface area contributed by atoms with Crippen molar-refractivity contribution < 1.29 is 13.9 Å². The van der Waals surface area contributed by atoms with Gasteiger partial charge in [0.05, 0.1) is 31.3 Å². The number of rotatable bonds is 4. The molecular formula is C18H27FN4O2. The van der Waals surface area contributed by atoms with Gasteiger partial charge in [0.1, 0.15) is 5.82 Å². The fourth-order valence-corrected chi connectivity index (χ4v) is 3.93. The lowest BCUT2D eigenvalue weighted by molar-refractivity contribution is -0.0275. The van der Waals surface area contributed by atoms with Gasteiger partial charge in [-0.25, -0.2) is 9.18 Å². The zero-order chi connectivity index (χ0) is 17.5. The molecule has 2 amide bonds. The first-order valence-electron chi connectivity index (χ1n) is 9.16. The summed E-state index contributed by atoms with van der Waals surface area (Å²) in [7, 11) is 0. The largest absolute Gasteiger partial charge is 0.379 e. The first-order chi connectivity index (χ1) is 12.2. The Balaban J connectivity index is 1.62. The van der Waals surface area contributed by atoms with Gasteiger partial charge in [-0.2, -0.15) is 0 Å². The molecule has 0 bridgehead atoms. The van der Waals surface area contributed by atoms with Crippen molar-refractivity contribution in [2.75, 3.05) is 38.2 Å². The number of morpholine rings is 1.